The molecule has 170 valence electrons. The standard InChI is InChI=1S/C26H16F2O6/c1-31-15-7-8-17-18(12-25(29)33-24(17)10-15)19-9-14-5-6-16(11-23(14)34-26(19)30)32-13-20-21(27)3-2-4-22(20)28/h2-12H,13H2,1H3. The lowest BCUT2D eigenvalue weighted by Crippen LogP contribution is -2.06. The van der Waals surface area contributed by atoms with Gasteiger partial charge in [0.1, 0.15) is 40.9 Å². The van der Waals surface area contributed by atoms with E-state index in [2.05, 4.69) is 0 Å². The fraction of sp³-hybridized carbons (Fsp3) is 0.0769. The van der Waals surface area contributed by atoms with E-state index in [1.165, 1.54) is 25.3 Å². The molecular formula is C26H16F2O6. The van der Waals surface area contributed by atoms with Crippen molar-refractivity contribution in [3.8, 4) is 22.6 Å². The predicted octanol–water partition coefficient (Wildman–Crippen LogP) is 5.43. The highest BCUT2D eigenvalue weighted by atomic mass is 19.1. The first-order chi connectivity index (χ1) is 16.4. The number of rotatable bonds is 5. The normalized spacial score (nSPS) is 11.1. The third-order valence-electron chi connectivity index (χ3n) is 5.39. The molecule has 0 amide bonds. The molecule has 0 aliphatic heterocycles. The minimum absolute atomic E-state index is 0.178. The van der Waals surface area contributed by atoms with E-state index in [0.29, 0.717) is 22.1 Å². The molecule has 34 heavy (non-hydrogen) atoms. The van der Waals surface area contributed by atoms with E-state index in [1.54, 1.807) is 36.4 Å². The van der Waals surface area contributed by atoms with E-state index in [9.17, 15) is 18.4 Å². The SMILES string of the molecule is COc1ccc2c(-c3cc4ccc(OCc5c(F)cccc5F)cc4oc3=O)cc(=O)oc2c1. The Morgan fingerprint density at radius 3 is 2.29 bits per heavy atom. The summed E-state index contributed by atoms with van der Waals surface area (Å²) in [5, 5.41) is 1.10. The van der Waals surface area contributed by atoms with Gasteiger partial charge in [0.25, 0.3) is 0 Å². The highest BCUT2D eigenvalue weighted by Gasteiger charge is 2.15. The number of ether oxygens (including phenoxy) is 2. The van der Waals surface area contributed by atoms with Crippen LogP contribution in [0.5, 0.6) is 11.5 Å². The van der Waals surface area contributed by atoms with Crippen molar-refractivity contribution in [1.29, 1.82) is 0 Å². The van der Waals surface area contributed by atoms with Crippen LogP contribution in [0.2, 0.25) is 0 Å². The summed E-state index contributed by atoms with van der Waals surface area (Å²) >= 11 is 0. The van der Waals surface area contributed by atoms with E-state index in [4.69, 9.17) is 18.3 Å². The number of fused-ring (bicyclic) bond motifs is 2. The predicted molar refractivity (Wildman–Crippen MR) is 121 cm³/mol. The Hall–Kier alpha value is -4.46. The number of benzene rings is 3. The second-order valence-electron chi connectivity index (χ2n) is 7.48. The molecule has 0 N–H and O–H groups in total. The Kier molecular flexibility index (Phi) is 5.33. The largest absolute Gasteiger partial charge is 0.497 e. The zero-order valence-electron chi connectivity index (χ0n) is 17.8. The van der Waals surface area contributed by atoms with Crippen LogP contribution in [0.4, 0.5) is 8.78 Å². The van der Waals surface area contributed by atoms with Crippen molar-refractivity contribution in [1.82, 2.24) is 0 Å². The average Bonchev–Trinajstić information content (AvgIpc) is 2.82. The number of hydrogen-bond acceptors (Lipinski definition) is 6. The lowest BCUT2D eigenvalue weighted by molar-refractivity contribution is 0.292. The summed E-state index contributed by atoms with van der Waals surface area (Å²) in [6.45, 7) is -0.332. The van der Waals surface area contributed by atoms with Gasteiger partial charge in [-0.25, -0.2) is 18.4 Å². The third kappa shape index (κ3) is 3.90. The minimum atomic E-state index is -0.714. The van der Waals surface area contributed by atoms with Crippen LogP contribution in [-0.4, -0.2) is 7.11 Å². The number of methoxy groups -OCH3 is 1. The molecule has 0 unspecified atom stereocenters. The van der Waals surface area contributed by atoms with Gasteiger partial charge in [0, 0.05) is 34.5 Å². The molecule has 0 aliphatic rings. The Balaban J connectivity index is 1.53. The van der Waals surface area contributed by atoms with Crippen LogP contribution in [0.3, 0.4) is 0 Å². The number of halogens is 2. The molecule has 0 saturated carbocycles. The van der Waals surface area contributed by atoms with Gasteiger partial charge in [0.2, 0.25) is 0 Å². The van der Waals surface area contributed by atoms with Gasteiger partial charge in [0.05, 0.1) is 18.2 Å². The summed E-state index contributed by atoms with van der Waals surface area (Å²) < 4.78 is 49.1. The smallest absolute Gasteiger partial charge is 0.344 e. The quantitative estimate of drug-likeness (QED) is 0.324. The maximum absolute atomic E-state index is 13.8. The Morgan fingerprint density at radius 2 is 1.53 bits per heavy atom. The summed E-state index contributed by atoms with van der Waals surface area (Å²) in [6, 6.07) is 16.0. The van der Waals surface area contributed by atoms with Crippen LogP contribution >= 0.6 is 0 Å². The van der Waals surface area contributed by atoms with E-state index in [-0.39, 0.29) is 34.6 Å². The number of hydrogen-bond donors (Lipinski definition) is 0. The van der Waals surface area contributed by atoms with Gasteiger partial charge >= 0.3 is 11.3 Å². The first-order valence-corrected chi connectivity index (χ1v) is 10.2. The molecule has 0 saturated heterocycles. The first-order valence-electron chi connectivity index (χ1n) is 10.2. The zero-order chi connectivity index (χ0) is 23.8. The summed E-state index contributed by atoms with van der Waals surface area (Å²) in [5.74, 6) is -0.659. The van der Waals surface area contributed by atoms with Crippen molar-refractivity contribution in [3.63, 3.8) is 0 Å². The van der Waals surface area contributed by atoms with E-state index >= 15 is 0 Å². The molecule has 5 rings (SSSR count). The van der Waals surface area contributed by atoms with Crippen LogP contribution in [0.15, 0.2) is 85.2 Å². The lowest BCUT2D eigenvalue weighted by atomic mass is 10.0. The summed E-state index contributed by atoms with van der Waals surface area (Å²) in [6.07, 6.45) is 0. The molecule has 6 nitrogen and oxygen atoms in total. The highest BCUT2D eigenvalue weighted by molar-refractivity contribution is 5.95. The second kappa shape index (κ2) is 8.47. The van der Waals surface area contributed by atoms with E-state index in [1.807, 2.05) is 0 Å². The van der Waals surface area contributed by atoms with E-state index in [0.717, 1.165) is 12.1 Å². The molecule has 0 bridgehead atoms. The van der Waals surface area contributed by atoms with Crippen LogP contribution in [0, 0.1) is 11.6 Å². The minimum Gasteiger partial charge on any atom is -0.497 e. The Morgan fingerprint density at radius 1 is 0.794 bits per heavy atom. The van der Waals surface area contributed by atoms with E-state index < -0.39 is 22.9 Å². The van der Waals surface area contributed by atoms with Gasteiger partial charge in [-0.1, -0.05) is 6.07 Å². The topological polar surface area (TPSA) is 78.9 Å². The third-order valence-corrected chi connectivity index (χ3v) is 5.39. The van der Waals surface area contributed by atoms with Gasteiger partial charge < -0.3 is 18.3 Å². The van der Waals surface area contributed by atoms with Crippen LogP contribution in [0.25, 0.3) is 33.1 Å². The molecule has 3 aromatic carbocycles. The highest BCUT2D eigenvalue weighted by Crippen LogP contribution is 2.30. The fourth-order valence-corrected chi connectivity index (χ4v) is 3.69. The molecule has 0 spiro atoms. The summed E-state index contributed by atoms with van der Waals surface area (Å²) in [7, 11) is 1.49. The van der Waals surface area contributed by atoms with Gasteiger partial charge in [0.15, 0.2) is 0 Å². The van der Waals surface area contributed by atoms with Crippen molar-refractivity contribution in [3.05, 3.63) is 105 Å². The Labute approximate surface area is 190 Å². The second-order valence-corrected chi connectivity index (χ2v) is 7.48. The van der Waals surface area contributed by atoms with Gasteiger partial charge in [-0.3, -0.25) is 0 Å². The van der Waals surface area contributed by atoms with Crippen LogP contribution in [-0.2, 0) is 6.61 Å². The van der Waals surface area contributed by atoms with Crippen molar-refractivity contribution < 1.29 is 27.1 Å². The Bertz CT molecular complexity index is 1650. The van der Waals surface area contributed by atoms with Crippen molar-refractivity contribution in [2.75, 3.05) is 7.11 Å². The fourth-order valence-electron chi connectivity index (χ4n) is 3.69. The molecule has 2 heterocycles. The summed E-state index contributed by atoms with van der Waals surface area (Å²) in [5.41, 5.74) is -0.477. The molecule has 0 fully saturated rings. The monoisotopic (exact) mass is 462 g/mol. The molecular weight excluding hydrogens is 446 g/mol. The zero-order valence-corrected chi connectivity index (χ0v) is 17.8. The van der Waals surface area contributed by atoms with Crippen molar-refractivity contribution in [2.45, 2.75) is 6.61 Å². The van der Waals surface area contributed by atoms with Crippen LogP contribution in [0.1, 0.15) is 5.56 Å². The van der Waals surface area contributed by atoms with Crippen LogP contribution < -0.4 is 20.7 Å². The first kappa shape index (κ1) is 21.4. The van der Waals surface area contributed by atoms with Crippen molar-refractivity contribution >= 4 is 21.9 Å². The summed E-state index contributed by atoms with van der Waals surface area (Å²) in [4.78, 5) is 25.0. The molecule has 0 radical (unpaired) electrons. The van der Waals surface area contributed by atoms with Gasteiger partial charge in [-0.15, -0.1) is 0 Å². The van der Waals surface area contributed by atoms with Gasteiger partial charge in [-0.05, 0) is 42.5 Å². The molecule has 0 atom stereocenters. The molecule has 5 aromatic rings. The van der Waals surface area contributed by atoms with Crippen molar-refractivity contribution in [2.24, 2.45) is 0 Å². The maximum atomic E-state index is 13.8. The lowest BCUT2D eigenvalue weighted by Gasteiger charge is -2.10. The molecule has 8 heteroatoms. The maximum Gasteiger partial charge on any atom is 0.344 e. The molecule has 0 aliphatic carbocycles. The average molecular weight is 462 g/mol. The van der Waals surface area contributed by atoms with Gasteiger partial charge in [-0.2, -0.15) is 0 Å². The molecule has 2 aromatic heterocycles.